The van der Waals surface area contributed by atoms with E-state index in [1.54, 1.807) is 36.0 Å². The lowest BCUT2D eigenvalue weighted by atomic mass is 10.1. The van der Waals surface area contributed by atoms with Crippen LogP contribution in [0.15, 0.2) is 42.7 Å². The van der Waals surface area contributed by atoms with Crippen LogP contribution in [-0.2, 0) is 28.4 Å². The van der Waals surface area contributed by atoms with Crippen molar-refractivity contribution in [1.29, 1.82) is 0 Å². The molecule has 0 fully saturated rings. The Morgan fingerprint density at radius 3 is 2.70 bits per heavy atom. The van der Waals surface area contributed by atoms with Crippen LogP contribution in [0.2, 0.25) is 0 Å². The molecule has 0 aliphatic carbocycles. The molecule has 1 atom stereocenters. The molecule has 142 valence electrons. The summed E-state index contributed by atoms with van der Waals surface area (Å²) in [7, 11) is -0.545. The highest BCUT2D eigenvalue weighted by Crippen LogP contribution is 2.28. The van der Waals surface area contributed by atoms with Gasteiger partial charge in [-0.15, -0.1) is 0 Å². The zero-order valence-corrected chi connectivity index (χ0v) is 16.0. The molecule has 9 heteroatoms. The molecule has 27 heavy (non-hydrogen) atoms. The lowest BCUT2D eigenvalue weighted by Crippen LogP contribution is -2.28. The fourth-order valence-corrected chi connectivity index (χ4v) is 3.93. The van der Waals surface area contributed by atoms with Gasteiger partial charge in [-0.2, -0.15) is 5.10 Å². The number of hydrogen-bond acceptors (Lipinski definition) is 6. The van der Waals surface area contributed by atoms with Crippen molar-refractivity contribution in [2.75, 3.05) is 7.11 Å². The SMILES string of the molecule is COC(=O)c1ccc(CNS(=O)(=O)C(C)c2cccc3c2cnn3C)nc1. The minimum atomic E-state index is -3.64. The Morgan fingerprint density at radius 2 is 2.04 bits per heavy atom. The third kappa shape index (κ3) is 3.83. The molecule has 3 aromatic rings. The fraction of sp³-hybridized carbons (Fsp3) is 0.278. The number of nitrogens with zero attached hydrogens (tertiary/aromatic N) is 3. The minimum absolute atomic E-state index is 0.0249. The average Bonchev–Trinajstić information content (AvgIpc) is 3.07. The zero-order valence-electron chi connectivity index (χ0n) is 15.2. The maximum absolute atomic E-state index is 12.7. The van der Waals surface area contributed by atoms with Gasteiger partial charge in [-0.25, -0.2) is 17.9 Å². The number of esters is 1. The summed E-state index contributed by atoms with van der Waals surface area (Å²) in [4.78, 5) is 15.5. The summed E-state index contributed by atoms with van der Waals surface area (Å²) >= 11 is 0. The number of benzene rings is 1. The number of fused-ring (bicyclic) bond motifs is 1. The first-order valence-electron chi connectivity index (χ1n) is 8.26. The number of aromatic nitrogens is 3. The molecule has 0 aliphatic heterocycles. The van der Waals surface area contributed by atoms with Gasteiger partial charge in [0.15, 0.2) is 0 Å². The van der Waals surface area contributed by atoms with E-state index in [0.717, 1.165) is 10.9 Å². The van der Waals surface area contributed by atoms with Crippen molar-refractivity contribution >= 4 is 26.9 Å². The first kappa shape index (κ1) is 19.0. The molecule has 1 N–H and O–H groups in total. The van der Waals surface area contributed by atoms with Crippen molar-refractivity contribution < 1.29 is 17.9 Å². The molecule has 1 aromatic carbocycles. The second kappa shape index (κ2) is 7.45. The highest BCUT2D eigenvalue weighted by Gasteiger charge is 2.24. The monoisotopic (exact) mass is 388 g/mol. The number of ether oxygens (including phenoxy) is 1. The van der Waals surface area contributed by atoms with Crippen molar-refractivity contribution in [3.63, 3.8) is 0 Å². The van der Waals surface area contributed by atoms with E-state index in [9.17, 15) is 13.2 Å². The summed E-state index contributed by atoms with van der Waals surface area (Å²) in [6, 6.07) is 8.63. The molecule has 2 aromatic heterocycles. The van der Waals surface area contributed by atoms with Gasteiger partial charge in [0.1, 0.15) is 0 Å². The Kier molecular flexibility index (Phi) is 5.24. The van der Waals surface area contributed by atoms with Gasteiger partial charge < -0.3 is 4.74 Å². The predicted octanol–water partition coefficient (Wildman–Crippen LogP) is 1.94. The summed E-state index contributed by atoms with van der Waals surface area (Å²) in [5.74, 6) is -0.493. The normalized spacial score (nSPS) is 12.9. The van der Waals surface area contributed by atoms with Crippen LogP contribution in [0.4, 0.5) is 0 Å². The number of nitrogens with one attached hydrogen (secondary N) is 1. The first-order valence-corrected chi connectivity index (χ1v) is 9.80. The van der Waals surface area contributed by atoms with Gasteiger partial charge >= 0.3 is 5.97 Å². The van der Waals surface area contributed by atoms with Crippen LogP contribution in [0.25, 0.3) is 10.9 Å². The van der Waals surface area contributed by atoms with E-state index in [-0.39, 0.29) is 6.54 Å². The van der Waals surface area contributed by atoms with Crippen molar-refractivity contribution in [3.05, 3.63) is 59.5 Å². The van der Waals surface area contributed by atoms with E-state index in [2.05, 4.69) is 19.5 Å². The van der Waals surface area contributed by atoms with Gasteiger partial charge in [-0.05, 0) is 30.7 Å². The van der Waals surface area contributed by atoms with Crippen LogP contribution in [0.3, 0.4) is 0 Å². The number of methoxy groups -OCH3 is 1. The Bertz CT molecular complexity index is 1070. The molecule has 0 radical (unpaired) electrons. The Hall–Kier alpha value is -2.78. The maximum atomic E-state index is 12.7. The van der Waals surface area contributed by atoms with Crippen molar-refractivity contribution in [3.8, 4) is 0 Å². The second-order valence-corrected chi connectivity index (χ2v) is 8.17. The van der Waals surface area contributed by atoms with Gasteiger partial charge in [0, 0.05) is 18.6 Å². The highest BCUT2D eigenvalue weighted by atomic mass is 32.2. The van der Waals surface area contributed by atoms with E-state index < -0.39 is 21.2 Å². The number of carbonyl (C=O) groups is 1. The topological polar surface area (TPSA) is 103 Å². The third-order valence-electron chi connectivity index (χ3n) is 4.43. The number of aryl methyl sites for hydroxylation is 1. The summed E-state index contributed by atoms with van der Waals surface area (Å²) in [5, 5.41) is 4.24. The van der Waals surface area contributed by atoms with Crippen LogP contribution in [-0.4, -0.2) is 36.3 Å². The standard InChI is InChI=1S/C18H20N4O4S/c1-12(15-5-4-6-17-16(15)11-20-22(17)2)27(24,25)21-10-14-8-7-13(9-19-14)18(23)26-3/h4-9,11-12,21H,10H2,1-3H3. The fourth-order valence-electron chi connectivity index (χ4n) is 2.79. The molecule has 0 bridgehead atoms. The Balaban J connectivity index is 1.77. The smallest absolute Gasteiger partial charge is 0.339 e. The molecule has 1 unspecified atom stereocenters. The molecule has 0 saturated heterocycles. The third-order valence-corrected chi connectivity index (χ3v) is 6.16. The van der Waals surface area contributed by atoms with Gasteiger partial charge in [-0.3, -0.25) is 9.67 Å². The molecule has 0 spiro atoms. The lowest BCUT2D eigenvalue weighted by Gasteiger charge is -2.15. The molecular formula is C18H20N4O4S. The predicted molar refractivity (Wildman–Crippen MR) is 100 cm³/mol. The van der Waals surface area contributed by atoms with Crippen LogP contribution in [0, 0.1) is 0 Å². The van der Waals surface area contributed by atoms with Crippen LogP contribution in [0.5, 0.6) is 0 Å². The van der Waals surface area contributed by atoms with Crippen molar-refractivity contribution in [2.45, 2.75) is 18.7 Å². The summed E-state index contributed by atoms with van der Waals surface area (Å²) in [5.41, 5.74) is 2.36. The molecule has 3 rings (SSSR count). The molecule has 2 heterocycles. The summed E-state index contributed by atoms with van der Waals surface area (Å²) in [6.45, 7) is 1.66. The first-order chi connectivity index (χ1) is 12.8. The van der Waals surface area contributed by atoms with E-state index in [4.69, 9.17) is 0 Å². The number of pyridine rings is 1. The van der Waals surface area contributed by atoms with E-state index in [1.165, 1.54) is 13.3 Å². The molecule has 0 amide bonds. The van der Waals surface area contributed by atoms with Crippen molar-refractivity contribution in [2.24, 2.45) is 7.05 Å². The molecule has 0 aliphatic rings. The average molecular weight is 388 g/mol. The van der Waals surface area contributed by atoms with Crippen LogP contribution < -0.4 is 4.72 Å². The van der Waals surface area contributed by atoms with E-state index >= 15 is 0 Å². The lowest BCUT2D eigenvalue weighted by molar-refractivity contribution is 0.0600. The summed E-state index contributed by atoms with van der Waals surface area (Å²) in [6.07, 6.45) is 3.03. The van der Waals surface area contributed by atoms with Crippen LogP contribution in [0.1, 0.15) is 33.8 Å². The van der Waals surface area contributed by atoms with Gasteiger partial charge in [-0.1, -0.05) is 12.1 Å². The quantitative estimate of drug-likeness (QED) is 0.647. The number of carbonyl (C=O) groups excluding carboxylic acids is 1. The Labute approximate surface area is 157 Å². The van der Waals surface area contributed by atoms with Crippen LogP contribution >= 0.6 is 0 Å². The number of hydrogen-bond donors (Lipinski definition) is 1. The maximum Gasteiger partial charge on any atom is 0.339 e. The second-order valence-electron chi connectivity index (χ2n) is 6.09. The van der Waals surface area contributed by atoms with E-state index in [0.29, 0.717) is 16.8 Å². The van der Waals surface area contributed by atoms with Gasteiger partial charge in [0.2, 0.25) is 10.0 Å². The zero-order chi connectivity index (χ0) is 19.6. The Morgan fingerprint density at radius 1 is 1.26 bits per heavy atom. The number of sulfonamides is 1. The van der Waals surface area contributed by atoms with Gasteiger partial charge in [0.25, 0.3) is 0 Å². The summed E-state index contributed by atoms with van der Waals surface area (Å²) < 4.78 is 34.4. The number of rotatable bonds is 6. The minimum Gasteiger partial charge on any atom is -0.465 e. The molecular weight excluding hydrogens is 368 g/mol. The van der Waals surface area contributed by atoms with Crippen molar-refractivity contribution in [1.82, 2.24) is 19.5 Å². The molecule has 0 saturated carbocycles. The highest BCUT2D eigenvalue weighted by molar-refractivity contribution is 7.89. The van der Waals surface area contributed by atoms with Gasteiger partial charge in [0.05, 0.1) is 41.9 Å². The molecule has 8 nitrogen and oxygen atoms in total. The largest absolute Gasteiger partial charge is 0.465 e. The van der Waals surface area contributed by atoms with E-state index in [1.807, 2.05) is 19.2 Å².